The van der Waals surface area contributed by atoms with E-state index in [1.807, 2.05) is 6.92 Å². The lowest BCUT2D eigenvalue weighted by Crippen LogP contribution is -2.37. The lowest BCUT2D eigenvalue weighted by Gasteiger charge is -2.35. The maximum absolute atomic E-state index is 12.6. The van der Waals surface area contributed by atoms with Crippen LogP contribution < -0.4 is 9.92 Å². The molecule has 140 valence electrons. The van der Waals surface area contributed by atoms with E-state index in [4.69, 9.17) is 19.4 Å². The molecule has 8 nitrogen and oxygen atoms in total. The fourth-order valence-electron chi connectivity index (χ4n) is 3.04. The van der Waals surface area contributed by atoms with Crippen molar-refractivity contribution in [1.82, 2.24) is 9.97 Å². The predicted molar refractivity (Wildman–Crippen MR) is 94.1 cm³/mol. The van der Waals surface area contributed by atoms with Gasteiger partial charge in [-0.25, -0.2) is 4.98 Å². The molecule has 1 aliphatic carbocycles. The highest BCUT2D eigenvalue weighted by Crippen LogP contribution is 2.41. The topological polar surface area (TPSA) is 114 Å². The number of nitrogen functional groups attached to an aromatic ring is 1. The summed E-state index contributed by atoms with van der Waals surface area (Å²) in [4.78, 5) is 8.27. The average molecular weight is 379 g/mol. The molecule has 0 unspecified atom stereocenters. The van der Waals surface area contributed by atoms with Crippen molar-refractivity contribution in [1.29, 1.82) is 0 Å². The van der Waals surface area contributed by atoms with Crippen LogP contribution in [0.1, 0.15) is 29.7 Å². The molecular weight excluding hydrogens is 358 g/mol. The van der Waals surface area contributed by atoms with Crippen LogP contribution in [0, 0.1) is 6.92 Å². The Morgan fingerprint density at radius 2 is 1.77 bits per heavy atom. The lowest BCUT2D eigenvalue weighted by atomic mass is 9.91. The average Bonchev–Trinajstić information content (AvgIpc) is 2.61. The molecule has 0 spiro atoms. The number of ether oxygens (including phenoxy) is 2. The minimum absolute atomic E-state index is 0.0367. The standard InChI is InChI=1S/C17H21N3O5S/c1-11-6-8-12(9-7-11)26(21,22)25-15-13-5-4-10-17(23-2,24-3)14(13)19-16(18)20-15/h6-9H,4-5,10H2,1-3H3,(H2,18,19,20). The number of nitrogens with zero attached hydrogens (tertiary/aromatic N) is 2. The summed E-state index contributed by atoms with van der Waals surface area (Å²) in [5.41, 5.74) is 7.64. The van der Waals surface area contributed by atoms with E-state index in [9.17, 15) is 8.42 Å². The van der Waals surface area contributed by atoms with Crippen LogP contribution >= 0.6 is 0 Å². The Morgan fingerprint density at radius 3 is 2.38 bits per heavy atom. The summed E-state index contributed by atoms with van der Waals surface area (Å²) in [5, 5.41) is 0. The van der Waals surface area contributed by atoms with Crippen molar-refractivity contribution in [2.75, 3.05) is 20.0 Å². The van der Waals surface area contributed by atoms with Gasteiger partial charge in [-0.1, -0.05) is 17.7 Å². The van der Waals surface area contributed by atoms with Crippen LogP contribution in [0.4, 0.5) is 5.95 Å². The Balaban J connectivity index is 2.07. The molecule has 9 heteroatoms. The van der Waals surface area contributed by atoms with E-state index in [0.29, 0.717) is 30.5 Å². The zero-order chi connectivity index (χ0) is 18.9. The van der Waals surface area contributed by atoms with Gasteiger partial charge >= 0.3 is 10.1 Å². The van der Waals surface area contributed by atoms with E-state index >= 15 is 0 Å². The van der Waals surface area contributed by atoms with Crippen molar-refractivity contribution in [3.8, 4) is 5.88 Å². The highest BCUT2D eigenvalue weighted by Gasteiger charge is 2.41. The zero-order valence-electron chi connectivity index (χ0n) is 14.9. The summed E-state index contributed by atoms with van der Waals surface area (Å²) >= 11 is 0. The van der Waals surface area contributed by atoms with Crippen LogP contribution in [0.2, 0.25) is 0 Å². The summed E-state index contributed by atoms with van der Waals surface area (Å²) in [7, 11) is -1.06. The Morgan fingerprint density at radius 1 is 1.12 bits per heavy atom. The van der Waals surface area contributed by atoms with Gasteiger partial charge < -0.3 is 19.4 Å². The summed E-state index contributed by atoms with van der Waals surface area (Å²) in [6.07, 6.45) is 1.79. The van der Waals surface area contributed by atoms with Gasteiger partial charge in [-0.05, 0) is 31.9 Å². The molecule has 26 heavy (non-hydrogen) atoms. The van der Waals surface area contributed by atoms with Crippen molar-refractivity contribution in [2.45, 2.75) is 36.9 Å². The molecule has 0 saturated carbocycles. The van der Waals surface area contributed by atoms with Gasteiger partial charge in [-0.3, -0.25) is 0 Å². The van der Waals surface area contributed by atoms with E-state index in [2.05, 4.69) is 9.97 Å². The number of nitrogens with two attached hydrogens (primary N) is 1. The molecule has 0 radical (unpaired) electrons. The molecule has 0 saturated heterocycles. The molecule has 1 aromatic heterocycles. The van der Waals surface area contributed by atoms with Gasteiger partial charge in [0.1, 0.15) is 10.6 Å². The number of benzene rings is 1. The molecular formula is C17H21N3O5S. The van der Waals surface area contributed by atoms with Crippen molar-refractivity contribution >= 4 is 16.1 Å². The van der Waals surface area contributed by atoms with E-state index < -0.39 is 15.9 Å². The van der Waals surface area contributed by atoms with E-state index in [1.54, 1.807) is 12.1 Å². The molecule has 1 heterocycles. The van der Waals surface area contributed by atoms with Crippen LogP contribution in [0.5, 0.6) is 5.88 Å². The quantitative estimate of drug-likeness (QED) is 0.619. The van der Waals surface area contributed by atoms with Gasteiger partial charge in [0.05, 0.1) is 0 Å². The van der Waals surface area contributed by atoms with Gasteiger partial charge in [0.2, 0.25) is 17.6 Å². The SMILES string of the molecule is COC1(OC)CCCc2c(OS(=O)(=O)c3ccc(C)cc3)nc(N)nc21. The number of anilines is 1. The Bertz CT molecular complexity index is 909. The Hall–Kier alpha value is -2.23. The minimum Gasteiger partial charge on any atom is -0.368 e. The smallest absolute Gasteiger partial charge is 0.340 e. The number of fused-ring (bicyclic) bond motifs is 1. The fraction of sp³-hybridized carbons (Fsp3) is 0.412. The summed E-state index contributed by atoms with van der Waals surface area (Å²) in [5.74, 6) is -1.31. The van der Waals surface area contributed by atoms with Crippen LogP contribution in [-0.2, 0) is 31.8 Å². The lowest BCUT2D eigenvalue weighted by molar-refractivity contribution is -0.226. The van der Waals surface area contributed by atoms with E-state index in [1.165, 1.54) is 26.4 Å². The third kappa shape index (κ3) is 3.25. The second kappa shape index (κ2) is 6.82. The monoisotopic (exact) mass is 379 g/mol. The molecule has 0 bridgehead atoms. The van der Waals surface area contributed by atoms with Gasteiger partial charge in [0, 0.05) is 26.2 Å². The molecule has 0 atom stereocenters. The first kappa shape index (κ1) is 18.6. The number of rotatable bonds is 5. The van der Waals surface area contributed by atoms with Crippen molar-refractivity contribution < 1.29 is 22.1 Å². The van der Waals surface area contributed by atoms with Crippen LogP contribution in [0.25, 0.3) is 0 Å². The molecule has 1 aliphatic rings. The number of hydrogen-bond acceptors (Lipinski definition) is 8. The second-order valence-corrected chi connectivity index (χ2v) is 7.63. The normalized spacial score (nSPS) is 16.1. The molecule has 0 amide bonds. The van der Waals surface area contributed by atoms with Gasteiger partial charge in [0.15, 0.2) is 0 Å². The maximum atomic E-state index is 12.6. The highest BCUT2D eigenvalue weighted by atomic mass is 32.2. The fourth-order valence-corrected chi connectivity index (χ4v) is 3.95. The van der Waals surface area contributed by atoms with Crippen molar-refractivity contribution in [3.05, 3.63) is 41.1 Å². The molecule has 2 N–H and O–H groups in total. The molecule has 0 aliphatic heterocycles. The van der Waals surface area contributed by atoms with E-state index in [-0.39, 0.29) is 16.7 Å². The van der Waals surface area contributed by atoms with Crippen molar-refractivity contribution in [3.63, 3.8) is 0 Å². The number of aryl methyl sites for hydroxylation is 1. The number of methoxy groups -OCH3 is 2. The highest BCUT2D eigenvalue weighted by molar-refractivity contribution is 7.87. The predicted octanol–water partition coefficient (Wildman–Crippen LogP) is 1.92. The van der Waals surface area contributed by atoms with Gasteiger partial charge in [0.25, 0.3) is 0 Å². The Labute approximate surface area is 152 Å². The molecule has 3 rings (SSSR count). The minimum atomic E-state index is -4.06. The van der Waals surface area contributed by atoms with Crippen LogP contribution in [0.3, 0.4) is 0 Å². The number of aromatic nitrogens is 2. The van der Waals surface area contributed by atoms with Gasteiger partial charge in [-0.2, -0.15) is 13.4 Å². The summed E-state index contributed by atoms with van der Waals surface area (Å²) < 4.78 is 41.6. The number of hydrogen-bond donors (Lipinski definition) is 1. The van der Waals surface area contributed by atoms with Gasteiger partial charge in [-0.15, -0.1) is 0 Å². The summed E-state index contributed by atoms with van der Waals surface area (Å²) in [6, 6.07) is 6.36. The summed E-state index contributed by atoms with van der Waals surface area (Å²) in [6.45, 7) is 1.87. The van der Waals surface area contributed by atoms with E-state index in [0.717, 1.165) is 5.56 Å². The third-order valence-corrected chi connectivity index (χ3v) is 5.66. The molecule has 0 fully saturated rings. The Kier molecular flexibility index (Phi) is 4.87. The van der Waals surface area contributed by atoms with Crippen LogP contribution in [-0.4, -0.2) is 32.6 Å². The second-order valence-electron chi connectivity index (χ2n) is 6.08. The first-order valence-electron chi connectivity index (χ1n) is 8.09. The maximum Gasteiger partial charge on any atom is 0.340 e. The first-order valence-corrected chi connectivity index (χ1v) is 9.50. The third-order valence-electron chi connectivity index (χ3n) is 4.44. The molecule has 2 aromatic rings. The largest absolute Gasteiger partial charge is 0.368 e. The first-order chi connectivity index (χ1) is 12.3. The van der Waals surface area contributed by atoms with Crippen LogP contribution in [0.15, 0.2) is 29.2 Å². The molecule has 1 aromatic carbocycles. The zero-order valence-corrected chi connectivity index (χ0v) is 15.7. The van der Waals surface area contributed by atoms with Crippen molar-refractivity contribution in [2.24, 2.45) is 0 Å².